The second kappa shape index (κ2) is 7.72. The van der Waals surface area contributed by atoms with Crippen LogP contribution in [0, 0.1) is 12.7 Å². The summed E-state index contributed by atoms with van der Waals surface area (Å²) in [5.41, 5.74) is 0.831. The number of likely N-dealkylation sites (tertiary alicyclic amines) is 1. The maximum atomic E-state index is 13.5. The molecule has 0 bridgehead atoms. The van der Waals surface area contributed by atoms with Crippen LogP contribution in [0.2, 0.25) is 0 Å². The summed E-state index contributed by atoms with van der Waals surface area (Å²) in [4.78, 5) is 28.4. The maximum Gasteiger partial charge on any atom is 0.317 e. The molecule has 3 rings (SSSR count). The Balaban J connectivity index is 1.71. The molecule has 0 aliphatic carbocycles. The van der Waals surface area contributed by atoms with Gasteiger partial charge in [-0.3, -0.25) is 14.5 Å². The minimum atomic E-state index is -0.821. The molecule has 1 fully saturated rings. The molecule has 0 unspecified atom stereocenters. The van der Waals surface area contributed by atoms with E-state index in [2.05, 4.69) is 0 Å². The largest absolute Gasteiger partial charge is 0.480 e. The summed E-state index contributed by atoms with van der Waals surface area (Å²) < 4.78 is 14.4. The lowest BCUT2D eigenvalue weighted by Gasteiger charge is -2.37. The van der Waals surface area contributed by atoms with Crippen LogP contribution in [0.5, 0.6) is 0 Å². The molecule has 1 aromatic carbocycles. The molecule has 140 valence electrons. The fraction of sp³-hybridized carbons (Fsp3) is 0.474. The van der Waals surface area contributed by atoms with Gasteiger partial charge in [0.05, 0.1) is 11.4 Å². The molecule has 2 heterocycles. The zero-order chi connectivity index (χ0) is 18.8. The second-order valence-electron chi connectivity index (χ2n) is 6.68. The van der Waals surface area contributed by atoms with Crippen molar-refractivity contribution in [2.24, 2.45) is 0 Å². The third-order valence-corrected chi connectivity index (χ3v) is 6.37. The molecule has 1 saturated heterocycles. The van der Waals surface area contributed by atoms with E-state index < -0.39 is 5.97 Å². The van der Waals surface area contributed by atoms with Crippen LogP contribution in [0.3, 0.4) is 0 Å². The first-order valence-electron chi connectivity index (χ1n) is 8.84. The highest BCUT2D eigenvalue weighted by molar-refractivity contribution is 7.21. The van der Waals surface area contributed by atoms with E-state index in [0.29, 0.717) is 24.5 Å². The van der Waals surface area contributed by atoms with Crippen LogP contribution in [-0.2, 0) is 4.79 Å². The number of rotatable bonds is 5. The molecule has 0 atom stereocenters. The molecular weight excluding hydrogens is 355 g/mol. The number of hydrogen-bond donors (Lipinski definition) is 1. The van der Waals surface area contributed by atoms with Gasteiger partial charge in [0.2, 0.25) is 0 Å². The van der Waals surface area contributed by atoms with E-state index in [-0.39, 0.29) is 24.3 Å². The molecule has 1 aliphatic heterocycles. The lowest BCUT2D eigenvalue weighted by Crippen LogP contribution is -2.48. The zero-order valence-electron chi connectivity index (χ0n) is 15.0. The molecule has 2 aromatic rings. The number of carboxylic acids is 1. The van der Waals surface area contributed by atoms with Crippen molar-refractivity contribution in [3.8, 4) is 0 Å². The number of fused-ring (bicyclic) bond motifs is 1. The van der Waals surface area contributed by atoms with Gasteiger partial charge in [0.15, 0.2) is 0 Å². The number of carbonyl (C=O) groups excluding carboxylic acids is 1. The number of hydrogen-bond acceptors (Lipinski definition) is 4. The Bertz CT molecular complexity index is 828. The van der Waals surface area contributed by atoms with Gasteiger partial charge in [-0.2, -0.15) is 0 Å². The van der Waals surface area contributed by atoms with Gasteiger partial charge in [-0.05, 0) is 55.5 Å². The van der Waals surface area contributed by atoms with Crippen molar-refractivity contribution in [1.82, 2.24) is 9.80 Å². The van der Waals surface area contributed by atoms with Gasteiger partial charge < -0.3 is 10.0 Å². The molecular formula is C19H23FN2O3S. The number of thiophene rings is 1. The first kappa shape index (κ1) is 18.8. The van der Waals surface area contributed by atoms with Crippen molar-refractivity contribution in [3.63, 3.8) is 0 Å². The van der Waals surface area contributed by atoms with Crippen LogP contribution in [0.25, 0.3) is 10.1 Å². The summed E-state index contributed by atoms with van der Waals surface area (Å²) in [7, 11) is 0. The normalized spacial score (nSPS) is 15.8. The molecule has 5 nitrogen and oxygen atoms in total. The maximum absolute atomic E-state index is 13.5. The minimum Gasteiger partial charge on any atom is -0.480 e. The number of carboxylic acid groups (broad SMARTS) is 1. The van der Waals surface area contributed by atoms with Crippen molar-refractivity contribution >= 4 is 33.3 Å². The Morgan fingerprint density at radius 3 is 2.65 bits per heavy atom. The number of likely N-dealkylation sites (N-methyl/N-ethyl adjacent to an activating group) is 1. The van der Waals surface area contributed by atoms with Gasteiger partial charge in [-0.15, -0.1) is 11.3 Å². The fourth-order valence-corrected chi connectivity index (χ4v) is 4.81. The van der Waals surface area contributed by atoms with Gasteiger partial charge in [0, 0.05) is 23.8 Å². The van der Waals surface area contributed by atoms with E-state index in [0.717, 1.165) is 28.5 Å². The van der Waals surface area contributed by atoms with Crippen molar-refractivity contribution in [2.45, 2.75) is 32.7 Å². The van der Waals surface area contributed by atoms with E-state index in [9.17, 15) is 14.0 Å². The fourth-order valence-electron chi connectivity index (χ4n) is 3.65. The Hall–Kier alpha value is -1.99. The second-order valence-corrected chi connectivity index (χ2v) is 7.73. The summed E-state index contributed by atoms with van der Waals surface area (Å²) in [5.74, 6) is -1.13. The lowest BCUT2D eigenvalue weighted by molar-refractivity contribution is -0.139. The number of aliphatic carboxylic acids is 1. The number of amides is 1. The standard InChI is InChI=1S/C19H23FN2O3S/c1-3-21(11-17(23)24)14-6-8-22(9-7-14)19(25)18-12(2)15-10-13(20)4-5-16(15)26-18/h4-5,10,14H,3,6-9,11H2,1-2H3,(H,23,24). The summed E-state index contributed by atoms with van der Waals surface area (Å²) in [6.45, 7) is 5.77. The van der Waals surface area contributed by atoms with Crippen LogP contribution in [0.1, 0.15) is 35.0 Å². The first-order valence-corrected chi connectivity index (χ1v) is 9.66. The zero-order valence-corrected chi connectivity index (χ0v) is 15.8. The molecule has 7 heteroatoms. The molecule has 1 aromatic heterocycles. The molecule has 1 amide bonds. The highest BCUT2D eigenvalue weighted by Crippen LogP contribution is 2.32. The number of benzene rings is 1. The van der Waals surface area contributed by atoms with Crippen LogP contribution in [0.15, 0.2) is 18.2 Å². The average molecular weight is 378 g/mol. The van der Waals surface area contributed by atoms with E-state index >= 15 is 0 Å². The van der Waals surface area contributed by atoms with E-state index in [1.54, 1.807) is 6.07 Å². The summed E-state index contributed by atoms with van der Waals surface area (Å²) in [6, 6.07) is 4.81. The van der Waals surface area contributed by atoms with Gasteiger partial charge in [-0.1, -0.05) is 6.92 Å². The number of aryl methyl sites for hydroxylation is 1. The SMILES string of the molecule is CCN(CC(=O)O)C1CCN(C(=O)c2sc3ccc(F)cc3c2C)CC1. The van der Waals surface area contributed by atoms with Gasteiger partial charge >= 0.3 is 5.97 Å². The van der Waals surface area contributed by atoms with Crippen LogP contribution in [0.4, 0.5) is 4.39 Å². The van der Waals surface area contributed by atoms with Crippen LogP contribution in [-0.4, -0.2) is 59.0 Å². The van der Waals surface area contributed by atoms with Crippen LogP contribution >= 0.6 is 11.3 Å². The van der Waals surface area contributed by atoms with Crippen molar-refractivity contribution in [3.05, 3.63) is 34.5 Å². The molecule has 0 saturated carbocycles. The minimum absolute atomic E-state index is 0.0103. The van der Waals surface area contributed by atoms with E-state index in [1.165, 1.54) is 23.5 Å². The Kier molecular flexibility index (Phi) is 5.58. The predicted molar refractivity (Wildman–Crippen MR) is 100 cm³/mol. The van der Waals surface area contributed by atoms with E-state index in [1.807, 2.05) is 23.6 Å². The molecule has 0 spiro atoms. The summed E-state index contributed by atoms with van der Waals surface area (Å²) >= 11 is 1.41. The first-order chi connectivity index (χ1) is 12.4. The molecule has 1 aliphatic rings. The Morgan fingerprint density at radius 2 is 2.04 bits per heavy atom. The smallest absolute Gasteiger partial charge is 0.317 e. The van der Waals surface area contributed by atoms with Gasteiger partial charge in [0.25, 0.3) is 5.91 Å². The van der Waals surface area contributed by atoms with Crippen molar-refractivity contribution in [2.75, 3.05) is 26.2 Å². The molecule has 1 N–H and O–H groups in total. The lowest BCUT2D eigenvalue weighted by atomic mass is 10.0. The quantitative estimate of drug-likeness (QED) is 0.867. The van der Waals surface area contributed by atoms with Gasteiger partial charge in [0.1, 0.15) is 5.82 Å². The van der Waals surface area contributed by atoms with Gasteiger partial charge in [-0.25, -0.2) is 4.39 Å². The highest BCUT2D eigenvalue weighted by atomic mass is 32.1. The van der Waals surface area contributed by atoms with Crippen molar-refractivity contribution in [1.29, 1.82) is 0 Å². The third-order valence-electron chi connectivity index (χ3n) is 5.11. The molecule has 0 radical (unpaired) electrons. The summed E-state index contributed by atoms with van der Waals surface area (Å²) in [6.07, 6.45) is 1.54. The average Bonchev–Trinajstić information content (AvgIpc) is 2.95. The third kappa shape index (κ3) is 3.73. The summed E-state index contributed by atoms with van der Waals surface area (Å²) in [5, 5.41) is 9.82. The highest BCUT2D eigenvalue weighted by Gasteiger charge is 2.29. The number of piperidine rings is 1. The topological polar surface area (TPSA) is 60.9 Å². The number of nitrogens with zero attached hydrogens (tertiary/aromatic N) is 2. The monoisotopic (exact) mass is 378 g/mol. The van der Waals surface area contributed by atoms with E-state index in [4.69, 9.17) is 5.11 Å². The van der Waals surface area contributed by atoms with Crippen molar-refractivity contribution < 1.29 is 19.1 Å². The Labute approximate surface area is 156 Å². The number of halogens is 1. The molecule has 26 heavy (non-hydrogen) atoms. The Morgan fingerprint density at radius 1 is 1.35 bits per heavy atom. The number of carbonyl (C=O) groups is 2. The predicted octanol–water partition coefficient (Wildman–Crippen LogP) is 3.36. The van der Waals surface area contributed by atoms with Crippen LogP contribution < -0.4 is 0 Å².